The highest BCUT2D eigenvalue weighted by Crippen LogP contribution is 2.12. The van der Waals surface area contributed by atoms with Crippen LogP contribution >= 0.6 is 0 Å². The molecule has 1 aromatic heterocycles. The smallest absolute Gasteiger partial charge is 0.240 e. The predicted molar refractivity (Wildman–Crippen MR) is 105 cm³/mol. The van der Waals surface area contributed by atoms with Gasteiger partial charge in [0.25, 0.3) is 0 Å². The average molecular weight is 391 g/mol. The first-order valence-corrected chi connectivity index (χ1v) is 10.4. The minimum absolute atomic E-state index is 0.267. The number of benzene rings is 1. The van der Waals surface area contributed by atoms with Crippen LogP contribution in [0.15, 0.2) is 46.3 Å². The molecule has 0 atom stereocenters. The van der Waals surface area contributed by atoms with E-state index in [4.69, 9.17) is 4.52 Å². The Bertz CT molecular complexity index is 860. The largest absolute Gasteiger partial charge is 0.360 e. The van der Waals surface area contributed by atoms with Crippen molar-refractivity contribution in [2.45, 2.75) is 33.1 Å². The van der Waals surface area contributed by atoms with E-state index in [1.54, 1.807) is 13.0 Å². The second kappa shape index (κ2) is 10.0. The quantitative estimate of drug-likeness (QED) is 0.627. The number of anilines is 1. The van der Waals surface area contributed by atoms with E-state index in [2.05, 4.69) is 10.5 Å². The van der Waals surface area contributed by atoms with E-state index in [1.165, 1.54) is 10.4 Å². The number of sulfonamides is 1. The van der Waals surface area contributed by atoms with E-state index in [1.807, 2.05) is 37.3 Å². The summed E-state index contributed by atoms with van der Waals surface area (Å²) in [7, 11) is -3.74. The van der Waals surface area contributed by atoms with Crippen LogP contribution in [-0.4, -0.2) is 36.9 Å². The third-order valence-electron chi connectivity index (χ3n) is 3.82. The summed E-state index contributed by atoms with van der Waals surface area (Å²) in [6, 6.07) is 10.7. The predicted octanol–water partition coefficient (Wildman–Crippen LogP) is 3.41. The summed E-state index contributed by atoms with van der Waals surface area (Å²) < 4.78 is 31.5. The molecular formula is C19H25N3O4S. The van der Waals surface area contributed by atoms with Crippen LogP contribution in [0.4, 0.5) is 5.82 Å². The summed E-state index contributed by atoms with van der Waals surface area (Å²) in [5.74, 6) is 0.364. The van der Waals surface area contributed by atoms with E-state index in [0.29, 0.717) is 12.2 Å². The van der Waals surface area contributed by atoms with Gasteiger partial charge in [0.1, 0.15) is 5.76 Å². The van der Waals surface area contributed by atoms with Gasteiger partial charge in [-0.1, -0.05) is 55.3 Å². The molecule has 0 bridgehead atoms. The van der Waals surface area contributed by atoms with Crippen molar-refractivity contribution in [3.8, 4) is 0 Å². The van der Waals surface area contributed by atoms with Crippen LogP contribution in [0.25, 0.3) is 6.08 Å². The maximum atomic E-state index is 12.7. The molecule has 0 aliphatic rings. The second-order valence-electron chi connectivity index (χ2n) is 6.17. The van der Waals surface area contributed by atoms with Gasteiger partial charge in [0, 0.05) is 18.0 Å². The van der Waals surface area contributed by atoms with Crippen LogP contribution in [0.5, 0.6) is 0 Å². The number of carbonyl (C=O) groups excluding carboxylic acids is 1. The van der Waals surface area contributed by atoms with Gasteiger partial charge in [-0.05, 0) is 25.0 Å². The standard InChI is InChI=1S/C19H25N3O4S/c1-3-4-8-12-22(15-19(23)20-18-14-16(2)26-21-18)27(24,25)13-11-17-9-6-5-7-10-17/h5-7,9-11,13-14H,3-4,8,12,15H2,1-2H3,(H,20,21,23)/b13-11+. The molecule has 0 radical (unpaired) electrons. The van der Waals surface area contributed by atoms with E-state index >= 15 is 0 Å². The summed E-state index contributed by atoms with van der Waals surface area (Å²) in [5, 5.41) is 7.38. The Morgan fingerprint density at radius 3 is 2.63 bits per heavy atom. The summed E-state index contributed by atoms with van der Waals surface area (Å²) in [5.41, 5.74) is 0.775. The minimum atomic E-state index is -3.74. The molecule has 1 amide bonds. The minimum Gasteiger partial charge on any atom is -0.360 e. The molecule has 0 aliphatic carbocycles. The zero-order valence-electron chi connectivity index (χ0n) is 15.6. The van der Waals surface area contributed by atoms with Crippen molar-refractivity contribution in [2.24, 2.45) is 0 Å². The SMILES string of the molecule is CCCCCN(CC(=O)Nc1cc(C)on1)S(=O)(=O)/C=C/c1ccccc1. The van der Waals surface area contributed by atoms with Crippen molar-refractivity contribution in [1.29, 1.82) is 0 Å². The Hall–Kier alpha value is -2.45. The molecule has 0 aliphatic heterocycles. The van der Waals surface area contributed by atoms with Crippen LogP contribution in [0.2, 0.25) is 0 Å². The van der Waals surface area contributed by atoms with Crippen molar-refractivity contribution in [2.75, 3.05) is 18.4 Å². The van der Waals surface area contributed by atoms with Gasteiger partial charge in [-0.3, -0.25) is 4.79 Å². The van der Waals surface area contributed by atoms with Gasteiger partial charge in [-0.25, -0.2) is 8.42 Å². The van der Waals surface area contributed by atoms with Gasteiger partial charge >= 0.3 is 0 Å². The summed E-state index contributed by atoms with van der Waals surface area (Å²) >= 11 is 0. The van der Waals surface area contributed by atoms with Crippen molar-refractivity contribution < 1.29 is 17.7 Å². The molecular weight excluding hydrogens is 366 g/mol. The van der Waals surface area contributed by atoms with Crippen molar-refractivity contribution >= 4 is 27.8 Å². The topological polar surface area (TPSA) is 92.5 Å². The zero-order valence-corrected chi connectivity index (χ0v) is 16.4. The number of aryl methyl sites for hydroxylation is 1. The van der Waals surface area contributed by atoms with Crippen LogP contribution in [0.3, 0.4) is 0 Å². The third kappa shape index (κ3) is 6.99. The molecule has 0 fully saturated rings. The Morgan fingerprint density at radius 1 is 1.26 bits per heavy atom. The first-order chi connectivity index (χ1) is 12.9. The fourth-order valence-electron chi connectivity index (χ4n) is 2.42. The molecule has 1 aromatic carbocycles. The molecule has 1 heterocycles. The zero-order chi connectivity index (χ0) is 19.7. The van der Waals surface area contributed by atoms with Crippen LogP contribution in [-0.2, 0) is 14.8 Å². The monoisotopic (exact) mass is 391 g/mol. The normalized spacial score (nSPS) is 12.0. The highest BCUT2D eigenvalue weighted by Gasteiger charge is 2.22. The molecule has 0 saturated heterocycles. The lowest BCUT2D eigenvalue weighted by molar-refractivity contribution is -0.116. The van der Waals surface area contributed by atoms with Gasteiger partial charge in [-0.15, -0.1) is 0 Å². The fourth-order valence-corrected chi connectivity index (χ4v) is 3.60. The van der Waals surface area contributed by atoms with Crippen molar-refractivity contribution in [3.05, 3.63) is 53.1 Å². The summed E-state index contributed by atoms with van der Waals surface area (Å²) in [4.78, 5) is 12.3. The van der Waals surface area contributed by atoms with Gasteiger partial charge in [0.15, 0.2) is 5.82 Å². The van der Waals surface area contributed by atoms with Gasteiger partial charge < -0.3 is 9.84 Å². The number of nitrogens with one attached hydrogen (secondary N) is 1. The van der Waals surface area contributed by atoms with E-state index in [-0.39, 0.29) is 18.9 Å². The molecule has 0 spiro atoms. The van der Waals surface area contributed by atoms with Crippen molar-refractivity contribution in [3.63, 3.8) is 0 Å². The first-order valence-electron chi connectivity index (χ1n) is 8.87. The molecule has 8 heteroatoms. The Morgan fingerprint density at radius 2 is 2.00 bits per heavy atom. The van der Waals surface area contributed by atoms with Crippen LogP contribution in [0.1, 0.15) is 37.5 Å². The van der Waals surface area contributed by atoms with Crippen LogP contribution < -0.4 is 5.32 Å². The number of carbonyl (C=O) groups is 1. The third-order valence-corrected chi connectivity index (χ3v) is 5.33. The van der Waals surface area contributed by atoms with E-state index < -0.39 is 15.9 Å². The van der Waals surface area contributed by atoms with Gasteiger partial charge in [-0.2, -0.15) is 4.31 Å². The number of amides is 1. The molecule has 2 aromatic rings. The lowest BCUT2D eigenvalue weighted by atomic mass is 10.2. The number of unbranched alkanes of at least 4 members (excludes halogenated alkanes) is 2. The highest BCUT2D eigenvalue weighted by atomic mass is 32.2. The first kappa shape index (κ1) is 20.9. The number of aromatic nitrogens is 1. The summed E-state index contributed by atoms with van der Waals surface area (Å²) in [6.45, 7) is 3.74. The molecule has 0 unspecified atom stereocenters. The Kier molecular flexibility index (Phi) is 7.75. The maximum absolute atomic E-state index is 12.7. The number of nitrogens with zero attached hydrogens (tertiary/aromatic N) is 2. The second-order valence-corrected chi connectivity index (χ2v) is 7.99. The molecule has 2 rings (SSSR count). The number of hydrogen-bond acceptors (Lipinski definition) is 5. The maximum Gasteiger partial charge on any atom is 0.240 e. The molecule has 7 nitrogen and oxygen atoms in total. The molecule has 146 valence electrons. The Balaban J connectivity index is 2.09. The fraction of sp³-hybridized carbons (Fsp3) is 0.368. The lowest BCUT2D eigenvalue weighted by Gasteiger charge is -2.19. The molecule has 1 N–H and O–H groups in total. The molecule has 0 saturated carbocycles. The average Bonchev–Trinajstić information content (AvgIpc) is 3.05. The van der Waals surface area contributed by atoms with Crippen LogP contribution in [0, 0.1) is 6.92 Å². The van der Waals surface area contributed by atoms with Crippen molar-refractivity contribution in [1.82, 2.24) is 9.46 Å². The highest BCUT2D eigenvalue weighted by molar-refractivity contribution is 7.92. The lowest BCUT2D eigenvalue weighted by Crippen LogP contribution is -2.37. The van der Waals surface area contributed by atoms with E-state index in [9.17, 15) is 13.2 Å². The van der Waals surface area contributed by atoms with E-state index in [0.717, 1.165) is 23.8 Å². The summed E-state index contributed by atoms with van der Waals surface area (Å²) in [6.07, 6.45) is 4.06. The number of hydrogen-bond donors (Lipinski definition) is 1. The number of rotatable bonds is 10. The van der Waals surface area contributed by atoms with Gasteiger partial charge in [0.05, 0.1) is 6.54 Å². The molecule has 27 heavy (non-hydrogen) atoms. The Labute approximate surface area is 160 Å². The van der Waals surface area contributed by atoms with Gasteiger partial charge in [0.2, 0.25) is 15.9 Å².